The van der Waals surface area contributed by atoms with Gasteiger partial charge in [-0.05, 0) is 6.42 Å². The van der Waals surface area contributed by atoms with Crippen LogP contribution >= 0.6 is 0 Å². The Hall–Kier alpha value is -0.570. The summed E-state index contributed by atoms with van der Waals surface area (Å²) in [5, 5.41) is -0.425. The van der Waals surface area contributed by atoms with Gasteiger partial charge in [0.25, 0.3) is 0 Å². The molecule has 0 saturated carbocycles. The van der Waals surface area contributed by atoms with E-state index in [9.17, 15) is 8.42 Å². The molecule has 12 heavy (non-hydrogen) atoms. The molecule has 0 aliphatic carbocycles. The molecular formula is C7H11NO3S. The van der Waals surface area contributed by atoms with Crippen molar-refractivity contribution in [2.75, 3.05) is 19.8 Å². The lowest BCUT2D eigenvalue weighted by Gasteiger charge is -2.08. The van der Waals surface area contributed by atoms with Crippen LogP contribution in [0.5, 0.6) is 0 Å². The topological polar surface area (TPSA) is 55.4 Å². The predicted molar refractivity (Wildman–Crippen MR) is 45.0 cm³/mol. The van der Waals surface area contributed by atoms with Crippen LogP contribution in [-0.2, 0) is 14.8 Å². The van der Waals surface area contributed by atoms with Crippen molar-refractivity contribution in [2.24, 2.45) is 0 Å². The number of hydrogen-bond acceptors (Lipinski definition) is 3. The molecule has 1 aliphatic heterocycles. The minimum Gasteiger partial charge on any atom is -0.380 e. The Kier molecular flexibility index (Phi) is 3.09. The summed E-state index contributed by atoms with van der Waals surface area (Å²) in [5.41, 5.74) is 0. The third-order valence-corrected chi connectivity index (χ3v) is 3.50. The summed E-state index contributed by atoms with van der Waals surface area (Å²) in [4.78, 5) is 0. The second-order valence-corrected chi connectivity index (χ2v) is 4.60. The van der Waals surface area contributed by atoms with Crippen LogP contribution in [0.3, 0.4) is 0 Å². The van der Waals surface area contributed by atoms with Gasteiger partial charge in [0.2, 0.25) is 10.0 Å². The van der Waals surface area contributed by atoms with E-state index in [1.807, 2.05) is 0 Å². The van der Waals surface area contributed by atoms with Crippen molar-refractivity contribution in [1.29, 1.82) is 0 Å². The van der Waals surface area contributed by atoms with Crippen molar-refractivity contribution in [3.8, 4) is 12.3 Å². The standard InChI is InChI=1S/C7H11NO3S/c1-2-4-8-12(9,10)7-3-5-11-6-7/h1,7-8H,3-6H2. The van der Waals surface area contributed by atoms with Gasteiger partial charge in [-0.15, -0.1) is 6.42 Å². The van der Waals surface area contributed by atoms with Crippen molar-refractivity contribution in [3.05, 3.63) is 0 Å². The van der Waals surface area contributed by atoms with E-state index in [4.69, 9.17) is 11.2 Å². The van der Waals surface area contributed by atoms with E-state index in [1.165, 1.54) is 0 Å². The molecule has 0 aromatic rings. The van der Waals surface area contributed by atoms with Gasteiger partial charge in [-0.1, -0.05) is 5.92 Å². The molecule has 1 atom stereocenters. The van der Waals surface area contributed by atoms with Crippen LogP contribution in [0.25, 0.3) is 0 Å². The van der Waals surface area contributed by atoms with Crippen LogP contribution in [0.4, 0.5) is 0 Å². The average Bonchev–Trinajstić information content (AvgIpc) is 2.53. The molecule has 68 valence electrons. The van der Waals surface area contributed by atoms with Crippen molar-refractivity contribution >= 4 is 10.0 Å². The molecule has 0 bridgehead atoms. The molecule has 5 heteroatoms. The summed E-state index contributed by atoms with van der Waals surface area (Å²) < 4.78 is 29.9. The summed E-state index contributed by atoms with van der Waals surface area (Å²) in [6.07, 6.45) is 5.48. The zero-order valence-electron chi connectivity index (χ0n) is 6.62. The maximum atomic E-state index is 11.3. The number of rotatable bonds is 3. The fourth-order valence-corrected chi connectivity index (χ4v) is 2.22. The van der Waals surface area contributed by atoms with Gasteiger partial charge in [-0.2, -0.15) is 0 Å². The monoisotopic (exact) mass is 189 g/mol. The first kappa shape index (κ1) is 9.52. The van der Waals surface area contributed by atoms with Crippen LogP contribution < -0.4 is 4.72 Å². The first-order chi connectivity index (χ1) is 5.67. The Labute approximate surface area is 72.3 Å². The smallest absolute Gasteiger partial charge is 0.217 e. The number of sulfonamides is 1. The minimum absolute atomic E-state index is 0.0544. The second-order valence-electron chi connectivity index (χ2n) is 2.56. The van der Waals surface area contributed by atoms with Crippen LogP contribution in [0.2, 0.25) is 0 Å². The first-order valence-corrected chi connectivity index (χ1v) is 5.21. The van der Waals surface area contributed by atoms with Gasteiger partial charge in [0.05, 0.1) is 13.2 Å². The fraction of sp³-hybridized carbons (Fsp3) is 0.714. The first-order valence-electron chi connectivity index (χ1n) is 3.66. The molecule has 0 spiro atoms. The van der Waals surface area contributed by atoms with Gasteiger partial charge in [0, 0.05) is 6.61 Å². The maximum absolute atomic E-state index is 11.3. The Morgan fingerprint density at radius 3 is 2.92 bits per heavy atom. The highest BCUT2D eigenvalue weighted by Gasteiger charge is 2.28. The van der Waals surface area contributed by atoms with E-state index in [0.717, 1.165) is 0 Å². The summed E-state index contributed by atoms with van der Waals surface area (Å²) in [6, 6.07) is 0. The van der Waals surface area contributed by atoms with Crippen molar-refractivity contribution in [2.45, 2.75) is 11.7 Å². The highest BCUT2D eigenvalue weighted by atomic mass is 32.2. The zero-order chi connectivity index (χ0) is 9.03. The van der Waals surface area contributed by atoms with Gasteiger partial charge in [-0.3, -0.25) is 0 Å². The molecule has 1 heterocycles. The zero-order valence-corrected chi connectivity index (χ0v) is 7.43. The predicted octanol–water partition coefficient (Wildman–Crippen LogP) is -0.672. The lowest BCUT2D eigenvalue weighted by Crippen LogP contribution is -2.34. The Morgan fingerprint density at radius 2 is 2.42 bits per heavy atom. The van der Waals surface area contributed by atoms with Crippen LogP contribution in [0.1, 0.15) is 6.42 Å². The van der Waals surface area contributed by atoms with Crippen molar-refractivity contribution in [1.82, 2.24) is 4.72 Å². The number of nitrogens with one attached hydrogen (secondary N) is 1. The van der Waals surface area contributed by atoms with Gasteiger partial charge >= 0.3 is 0 Å². The van der Waals surface area contributed by atoms with Gasteiger partial charge in [0.15, 0.2) is 0 Å². The summed E-state index contributed by atoms with van der Waals surface area (Å²) >= 11 is 0. The number of ether oxygens (including phenoxy) is 1. The number of hydrogen-bond donors (Lipinski definition) is 1. The molecule has 1 rings (SSSR count). The third-order valence-electron chi connectivity index (χ3n) is 1.70. The van der Waals surface area contributed by atoms with Gasteiger partial charge in [-0.25, -0.2) is 13.1 Å². The quantitative estimate of drug-likeness (QED) is 0.599. The molecule has 0 radical (unpaired) electrons. The maximum Gasteiger partial charge on any atom is 0.217 e. The molecule has 4 nitrogen and oxygen atoms in total. The highest BCUT2D eigenvalue weighted by molar-refractivity contribution is 7.90. The summed E-state index contributed by atoms with van der Waals surface area (Å²) in [7, 11) is -3.24. The average molecular weight is 189 g/mol. The molecule has 1 fully saturated rings. The molecule has 1 aliphatic rings. The summed E-state index contributed by atoms with van der Waals surface area (Å²) in [5.74, 6) is 2.22. The van der Waals surface area contributed by atoms with E-state index in [1.54, 1.807) is 0 Å². The lowest BCUT2D eigenvalue weighted by molar-refractivity contribution is 0.198. The molecule has 0 aromatic heterocycles. The Bertz CT molecular complexity index is 272. The lowest BCUT2D eigenvalue weighted by atomic mass is 10.4. The molecule has 1 N–H and O–H groups in total. The Morgan fingerprint density at radius 1 is 1.67 bits per heavy atom. The van der Waals surface area contributed by atoms with Crippen LogP contribution in [0, 0.1) is 12.3 Å². The summed E-state index contributed by atoms with van der Waals surface area (Å²) in [6.45, 7) is 0.848. The minimum atomic E-state index is -3.24. The van der Waals surface area contributed by atoms with Gasteiger partial charge in [0.1, 0.15) is 5.25 Å². The van der Waals surface area contributed by atoms with Crippen LogP contribution in [0.15, 0.2) is 0 Å². The molecule has 1 saturated heterocycles. The molecule has 0 amide bonds. The molecule has 0 aromatic carbocycles. The van der Waals surface area contributed by atoms with Gasteiger partial charge < -0.3 is 4.74 Å². The van der Waals surface area contributed by atoms with Crippen molar-refractivity contribution < 1.29 is 13.2 Å². The highest BCUT2D eigenvalue weighted by Crippen LogP contribution is 2.11. The van der Waals surface area contributed by atoms with E-state index in [0.29, 0.717) is 13.0 Å². The van der Waals surface area contributed by atoms with E-state index < -0.39 is 15.3 Å². The molecule has 1 unspecified atom stereocenters. The largest absolute Gasteiger partial charge is 0.380 e. The molecular weight excluding hydrogens is 178 g/mol. The number of terminal acetylenes is 1. The normalized spacial score (nSPS) is 23.8. The van der Waals surface area contributed by atoms with Crippen molar-refractivity contribution in [3.63, 3.8) is 0 Å². The van der Waals surface area contributed by atoms with E-state index >= 15 is 0 Å². The van der Waals surface area contributed by atoms with Crippen LogP contribution in [-0.4, -0.2) is 33.4 Å². The van der Waals surface area contributed by atoms with E-state index in [-0.39, 0.29) is 13.2 Å². The SMILES string of the molecule is C#CCNS(=O)(=O)C1CCOC1. The van der Waals surface area contributed by atoms with E-state index in [2.05, 4.69) is 10.6 Å². The third kappa shape index (κ3) is 2.21. The Balaban J connectivity index is 2.53. The fourth-order valence-electron chi connectivity index (χ4n) is 1.02. The second kappa shape index (κ2) is 3.90.